The molecule has 2 saturated heterocycles. The van der Waals surface area contributed by atoms with Crippen molar-refractivity contribution >= 4 is 11.8 Å². The molecule has 2 heterocycles. The summed E-state index contributed by atoms with van der Waals surface area (Å²) in [5.41, 5.74) is 1.12. The molecule has 1 aromatic rings. The lowest BCUT2D eigenvalue weighted by molar-refractivity contribution is -0.128. The van der Waals surface area contributed by atoms with E-state index in [-0.39, 0.29) is 5.91 Å². The van der Waals surface area contributed by atoms with Crippen LogP contribution in [-0.4, -0.2) is 53.8 Å². The first-order valence-corrected chi connectivity index (χ1v) is 9.55. The van der Waals surface area contributed by atoms with Crippen LogP contribution in [-0.2, 0) is 16.1 Å². The Bertz CT molecular complexity index is 576. The molecule has 5 nitrogen and oxygen atoms in total. The Morgan fingerprint density at radius 3 is 2.72 bits per heavy atom. The quantitative estimate of drug-likeness (QED) is 0.825. The first-order valence-electron chi connectivity index (χ1n) is 9.55. The van der Waals surface area contributed by atoms with Crippen molar-refractivity contribution in [3.8, 4) is 0 Å². The fraction of sp³-hybridized carbons (Fsp3) is 0.600. The lowest BCUT2D eigenvalue weighted by Crippen LogP contribution is -2.46. The van der Waals surface area contributed by atoms with E-state index in [1.165, 1.54) is 6.42 Å². The van der Waals surface area contributed by atoms with Crippen LogP contribution in [0.1, 0.15) is 44.1 Å². The third kappa shape index (κ3) is 5.30. The van der Waals surface area contributed by atoms with Gasteiger partial charge >= 0.3 is 0 Å². The van der Waals surface area contributed by atoms with Gasteiger partial charge in [-0.3, -0.25) is 14.5 Å². The highest BCUT2D eigenvalue weighted by Gasteiger charge is 2.26. The highest BCUT2D eigenvalue weighted by Crippen LogP contribution is 2.21. The molecule has 1 atom stereocenters. The first kappa shape index (κ1) is 17.9. The fourth-order valence-electron chi connectivity index (χ4n) is 3.88. The molecule has 1 aromatic carbocycles. The van der Waals surface area contributed by atoms with Gasteiger partial charge in [0.2, 0.25) is 11.8 Å². The third-order valence-electron chi connectivity index (χ3n) is 5.33. The van der Waals surface area contributed by atoms with Gasteiger partial charge in [-0.1, -0.05) is 36.8 Å². The average molecular weight is 343 g/mol. The molecule has 0 unspecified atom stereocenters. The topological polar surface area (TPSA) is 52.7 Å². The van der Waals surface area contributed by atoms with Gasteiger partial charge in [-0.05, 0) is 37.8 Å². The van der Waals surface area contributed by atoms with Gasteiger partial charge in [-0.2, -0.15) is 0 Å². The number of piperidine rings is 1. The van der Waals surface area contributed by atoms with Crippen LogP contribution in [0.25, 0.3) is 0 Å². The Labute approximate surface area is 150 Å². The molecule has 0 bridgehead atoms. The van der Waals surface area contributed by atoms with Crippen molar-refractivity contribution in [3.63, 3.8) is 0 Å². The Hall–Kier alpha value is -1.88. The molecule has 2 aliphatic heterocycles. The maximum Gasteiger partial charge on any atom is 0.234 e. The summed E-state index contributed by atoms with van der Waals surface area (Å²) in [5, 5.41) is 3.03. The Balaban J connectivity index is 1.45. The lowest BCUT2D eigenvalue weighted by Gasteiger charge is -2.36. The summed E-state index contributed by atoms with van der Waals surface area (Å²) >= 11 is 0. The number of likely N-dealkylation sites (tertiary alicyclic amines) is 2. The second-order valence-electron chi connectivity index (χ2n) is 7.16. The number of nitrogens with one attached hydrogen (secondary N) is 1. The molecule has 136 valence electrons. The highest BCUT2D eigenvalue weighted by atomic mass is 16.2. The van der Waals surface area contributed by atoms with Crippen LogP contribution in [0, 0.1) is 0 Å². The average Bonchev–Trinajstić information content (AvgIpc) is 3.05. The highest BCUT2D eigenvalue weighted by molar-refractivity contribution is 5.78. The number of benzene rings is 1. The normalized spacial score (nSPS) is 21.5. The van der Waals surface area contributed by atoms with Crippen LogP contribution in [0.5, 0.6) is 0 Å². The predicted molar refractivity (Wildman–Crippen MR) is 97.9 cm³/mol. The van der Waals surface area contributed by atoms with E-state index in [9.17, 15) is 9.59 Å². The molecule has 25 heavy (non-hydrogen) atoms. The summed E-state index contributed by atoms with van der Waals surface area (Å²) in [6, 6.07) is 10.4. The minimum Gasteiger partial charge on any atom is -0.351 e. The molecule has 0 radical (unpaired) electrons. The number of hydrogen-bond donors (Lipinski definition) is 1. The summed E-state index contributed by atoms with van der Waals surface area (Å²) in [7, 11) is 0. The molecule has 3 rings (SSSR count). The van der Waals surface area contributed by atoms with Crippen molar-refractivity contribution in [2.75, 3.05) is 26.2 Å². The summed E-state index contributed by atoms with van der Waals surface area (Å²) in [6.45, 7) is 3.78. The standard InChI is InChI=1S/C20H29N3O2/c24-19(21-15-17-7-2-1-3-8-17)16-23-12-5-4-9-18(23)11-14-22-13-6-10-20(22)25/h1-3,7-8,18H,4-6,9-16H2,(H,21,24)/t18-/m1/s1. The van der Waals surface area contributed by atoms with Crippen LogP contribution >= 0.6 is 0 Å². The van der Waals surface area contributed by atoms with Crippen LogP contribution in [0.3, 0.4) is 0 Å². The second-order valence-corrected chi connectivity index (χ2v) is 7.16. The third-order valence-corrected chi connectivity index (χ3v) is 5.33. The van der Waals surface area contributed by atoms with Crippen molar-refractivity contribution in [1.29, 1.82) is 0 Å². The van der Waals surface area contributed by atoms with Gasteiger partial charge in [0, 0.05) is 32.1 Å². The zero-order chi connectivity index (χ0) is 17.5. The summed E-state index contributed by atoms with van der Waals surface area (Å²) in [5.74, 6) is 0.385. The zero-order valence-corrected chi connectivity index (χ0v) is 15.0. The van der Waals surface area contributed by atoms with E-state index in [4.69, 9.17) is 0 Å². The number of nitrogens with zero attached hydrogens (tertiary/aromatic N) is 2. The van der Waals surface area contributed by atoms with Crippen LogP contribution in [0.15, 0.2) is 30.3 Å². The maximum absolute atomic E-state index is 12.3. The molecule has 0 aliphatic carbocycles. The Morgan fingerprint density at radius 1 is 1.12 bits per heavy atom. The number of hydrogen-bond acceptors (Lipinski definition) is 3. The summed E-state index contributed by atoms with van der Waals surface area (Å²) in [6.07, 6.45) is 6.20. The molecule has 0 spiro atoms. The second kappa shape index (κ2) is 8.99. The zero-order valence-electron chi connectivity index (χ0n) is 15.0. The van der Waals surface area contributed by atoms with Gasteiger partial charge in [0.15, 0.2) is 0 Å². The number of carbonyl (C=O) groups excluding carboxylic acids is 2. The number of carbonyl (C=O) groups is 2. The minimum atomic E-state index is 0.0907. The van der Waals surface area contributed by atoms with Crippen molar-refractivity contribution in [2.24, 2.45) is 0 Å². The van der Waals surface area contributed by atoms with Crippen molar-refractivity contribution in [2.45, 2.75) is 51.1 Å². The van der Waals surface area contributed by atoms with E-state index >= 15 is 0 Å². The van der Waals surface area contributed by atoms with Crippen LogP contribution in [0.2, 0.25) is 0 Å². The van der Waals surface area contributed by atoms with Gasteiger partial charge in [-0.25, -0.2) is 0 Å². The molecule has 2 fully saturated rings. The van der Waals surface area contributed by atoms with E-state index in [2.05, 4.69) is 10.2 Å². The smallest absolute Gasteiger partial charge is 0.234 e. The summed E-state index contributed by atoms with van der Waals surface area (Å²) in [4.78, 5) is 28.4. The van der Waals surface area contributed by atoms with Crippen molar-refractivity contribution < 1.29 is 9.59 Å². The van der Waals surface area contributed by atoms with E-state index in [1.807, 2.05) is 35.2 Å². The van der Waals surface area contributed by atoms with Crippen LogP contribution in [0.4, 0.5) is 0 Å². The predicted octanol–water partition coefficient (Wildman–Crippen LogP) is 2.17. The SMILES string of the molecule is O=C(CN1CCCC[C@@H]1CCN1CCCC1=O)NCc1ccccc1. The first-order chi connectivity index (χ1) is 12.2. The van der Waals surface area contributed by atoms with E-state index in [0.29, 0.717) is 31.5 Å². The van der Waals surface area contributed by atoms with Gasteiger partial charge in [0.05, 0.1) is 6.54 Å². The van der Waals surface area contributed by atoms with Gasteiger partial charge in [0.1, 0.15) is 0 Å². The molecule has 2 amide bonds. The van der Waals surface area contributed by atoms with Crippen molar-refractivity contribution in [3.05, 3.63) is 35.9 Å². The lowest BCUT2D eigenvalue weighted by atomic mass is 9.99. The molecule has 1 N–H and O–H groups in total. The minimum absolute atomic E-state index is 0.0907. The molecular weight excluding hydrogens is 314 g/mol. The Kier molecular flexibility index (Phi) is 6.45. The molecule has 2 aliphatic rings. The molecule has 0 aromatic heterocycles. The monoisotopic (exact) mass is 343 g/mol. The van der Waals surface area contributed by atoms with E-state index < -0.39 is 0 Å². The van der Waals surface area contributed by atoms with E-state index in [1.54, 1.807) is 0 Å². The molecule has 0 saturated carbocycles. The molecule has 5 heteroatoms. The number of rotatable bonds is 7. The Morgan fingerprint density at radius 2 is 1.96 bits per heavy atom. The van der Waals surface area contributed by atoms with Crippen LogP contribution < -0.4 is 5.32 Å². The largest absolute Gasteiger partial charge is 0.351 e. The van der Waals surface area contributed by atoms with Gasteiger partial charge in [0.25, 0.3) is 0 Å². The van der Waals surface area contributed by atoms with E-state index in [0.717, 1.165) is 50.9 Å². The van der Waals surface area contributed by atoms with Gasteiger partial charge < -0.3 is 10.2 Å². The molecular formula is C20H29N3O2. The maximum atomic E-state index is 12.3. The number of amides is 2. The summed E-state index contributed by atoms with van der Waals surface area (Å²) < 4.78 is 0. The van der Waals surface area contributed by atoms with Crippen molar-refractivity contribution in [1.82, 2.24) is 15.1 Å². The fourth-order valence-corrected chi connectivity index (χ4v) is 3.88. The van der Waals surface area contributed by atoms with Gasteiger partial charge in [-0.15, -0.1) is 0 Å².